The fraction of sp³-hybridized carbons (Fsp3) is 0.545. The highest BCUT2D eigenvalue weighted by Crippen LogP contribution is 2.24. The average Bonchev–Trinajstić information content (AvgIpc) is 2.73. The van der Waals surface area contributed by atoms with Crippen molar-refractivity contribution in [3.05, 3.63) is 22.4 Å². The number of rotatable bonds is 3. The van der Waals surface area contributed by atoms with Crippen LogP contribution in [0.25, 0.3) is 0 Å². The Morgan fingerprint density at radius 3 is 3.00 bits per heavy atom. The topological polar surface area (TPSA) is 58.4 Å². The van der Waals surface area contributed by atoms with Gasteiger partial charge >= 0.3 is 6.03 Å². The lowest BCUT2D eigenvalue weighted by molar-refractivity contribution is 0.207. The molecule has 3 N–H and O–H groups in total. The van der Waals surface area contributed by atoms with Crippen LogP contribution < -0.4 is 11.1 Å². The fourth-order valence-corrected chi connectivity index (χ4v) is 2.64. The Labute approximate surface area is 99.4 Å². The van der Waals surface area contributed by atoms with Crippen LogP contribution in [0.1, 0.15) is 24.8 Å². The van der Waals surface area contributed by atoms with Crippen LogP contribution in [0.3, 0.4) is 0 Å². The van der Waals surface area contributed by atoms with E-state index in [-0.39, 0.29) is 17.6 Å². The molecule has 1 aromatic rings. The van der Waals surface area contributed by atoms with Crippen molar-refractivity contribution in [3.63, 3.8) is 0 Å². The number of nitrogens with zero attached hydrogens (tertiary/aromatic N) is 1. The van der Waals surface area contributed by atoms with E-state index in [1.165, 1.54) is 4.88 Å². The highest BCUT2D eigenvalue weighted by Gasteiger charge is 2.32. The molecule has 0 aromatic carbocycles. The molecule has 1 aliphatic heterocycles. The Balaban J connectivity index is 2.02. The summed E-state index contributed by atoms with van der Waals surface area (Å²) in [5.74, 6) is 0. The highest BCUT2D eigenvalue weighted by atomic mass is 32.1. The van der Waals surface area contributed by atoms with Gasteiger partial charge in [-0.25, -0.2) is 4.79 Å². The number of hydrogen-bond acceptors (Lipinski definition) is 3. The first-order chi connectivity index (χ1) is 7.46. The zero-order valence-electron chi connectivity index (χ0n) is 9.56. The molecule has 2 heterocycles. The zero-order chi connectivity index (χ0) is 11.8. The number of thiophene rings is 1. The molecular weight excluding hydrogens is 222 g/mol. The van der Waals surface area contributed by atoms with Gasteiger partial charge in [0.25, 0.3) is 0 Å². The second kappa shape index (κ2) is 4.07. The molecule has 16 heavy (non-hydrogen) atoms. The van der Waals surface area contributed by atoms with Crippen molar-refractivity contribution in [2.45, 2.75) is 25.4 Å². The first-order valence-corrected chi connectivity index (χ1v) is 6.21. The number of amides is 2. The average molecular weight is 239 g/mol. The van der Waals surface area contributed by atoms with Crippen LogP contribution in [0.5, 0.6) is 0 Å². The quantitative estimate of drug-likeness (QED) is 0.841. The summed E-state index contributed by atoms with van der Waals surface area (Å²) >= 11 is 1.67. The van der Waals surface area contributed by atoms with E-state index >= 15 is 0 Å². The van der Waals surface area contributed by atoms with Gasteiger partial charge in [-0.05, 0) is 25.3 Å². The Bertz CT molecular complexity index is 369. The minimum atomic E-state index is -0.346. The number of nitrogens with one attached hydrogen (secondary N) is 1. The van der Waals surface area contributed by atoms with Crippen LogP contribution in [-0.4, -0.2) is 29.6 Å². The fourth-order valence-electron chi connectivity index (χ4n) is 1.87. The largest absolute Gasteiger partial charge is 0.329 e. The second-order valence-electron chi connectivity index (χ2n) is 4.89. The van der Waals surface area contributed by atoms with Crippen molar-refractivity contribution in [1.82, 2.24) is 10.2 Å². The zero-order valence-corrected chi connectivity index (χ0v) is 10.4. The lowest BCUT2D eigenvalue weighted by atomic mass is 10.1. The molecule has 1 aromatic heterocycles. The third-order valence-corrected chi connectivity index (χ3v) is 3.46. The summed E-state index contributed by atoms with van der Waals surface area (Å²) in [6.07, 6.45) is 0. The van der Waals surface area contributed by atoms with Crippen molar-refractivity contribution in [2.75, 3.05) is 13.1 Å². The van der Waals surface area contributed by atoms with Crippen LogP contribution >= 0.6 is 11.3 Å². The van der Waals surface area contributed by atoms with Crippen molar-refractivity contribution in [1.29, 1.82) is 0 Å². The summed E-state index contributed by atoms with van der Waals surface area (Å²) in [6, 6.07) is 4.15. The maximum Gasteiger partial charge on any atom is 0.318 e. The molecule has 1 unspecified atom stereocenters. The summed E-state index contributed by atoms with van der Waals surface area (Å²) in [5, 5.41) is 5.00. The lowest BCUT2D eigenvalue weighted by Gasteiger charge is -2.25. The van der Waals surface area contributed by atoms with E-state index in [2.05, 4.69) is 5.32 Å². The molecule has 2 rings (SSSR count). The van der Waals surface area contributed by atoms with Gasteiger partial charge in [0.2, 0.25) is 0 Å². The van der Waals surface area contributed by atoms with E-state index in [0.717, 1.165) is 0 Å². The first-order valence-electron chi connectivity index (χ1n) is 5.33. The molecule has 2 amide bonds. The molecular formula is C11H17N3OS. The van der Waals surface area contributed by atoms with Gasteiger partial charge in [-0.3, -0.25) is 0 Å². The molecule has 1 aliphatic rings. The van der Waals surface area contributed by atoms with E-state index in [9.17, 15) is 4.79 Å². The smallest absolute Gasteiger partial charge is 0.318 e. The second-order valence-corrected chi connectivity index (χ2v) is 5.87. The van der Waals surface area contributed by atoms with Crippen LogP contribution in [0.2, 0.25) is 0 Å². The molecule has 0 radical (unpaired) electrons. The summed E-state index contributed by atoms with van der Waals surface area (Å²) in [6.45, 7) is 5.15. The van der Waals surface area contributed by atoms with Crippen LogP contribution in [-0.2, 0) is 0 Å². The maximum absolute atomic E-state index is 11.7. The van der Waals surface area contributed by atoms with E-state index in [4.69, 9.17) is 5.73 Å². The van der Waals surface area contributed by atoms with Crippen molar-refractivity contribution >= 4 is 17.4 Å². The van der Waals surface area contributed by atoms with Gasteiger partial charge in [-0.15, -0.1) is 11.3 Å². The van der Waals surface area contributed by atoms with Crippen LogP contribution in [0.4, 0.5) is 4.79 Å². The van der Waals surface area contributed by atoms with Gasteiger partial charge in [0, 0.05) is 23.5 Å². The van der Waals surface area contributed by atoms with Gasteiger partial charge in [0.05, 0.1) is 6.04 Å². The normalized spacial score (nSPS) is 21.3. The molecule has 5 heteroatoms. The minimum Gasteiger partial charge on any atom is -0.329 e. The van der Waals surface area contributed by atoms with Crippen LogP contribution in [0.15, 0.2) is 17.5 Å². The first kappa shape index (κ1) is 11.4. The predicted molar refractivity (Wildman–Crippen MR) is 65.4 cm³/mol. The summed E-state index contributed by atoms with van der Waals surface area (Å²) < 4.78 is 0. The van der Waals surface area contributed by atoms with Gasteiger partial charge in [-0.2, -0.15) is 0 Å². The number of nitrogens with two attached hydrogens (primary N) is 1. The van der Waals surface area contributed by atoms with Gasteiger partial charge in [0.1, 0.15) is 0 Å². The summed E-state index contributed by atoms with van der Waals surface area (Å²) in [7, 11) is 0. The Morgan fingerprint density at radius 1 is 1.69 bits per heavy atom. The number of hydrogen-bond donors (Lipinski definition) is 2. The van der Waals surface area contributed by atoms with Gasteiger partial charge in [-0.1, -0.05) is 6.07 Å². The molecule has 1 fully saturated rings. The molecule has 88 valence electrons. The Morgan fingerprint density at radius 2 is 2.44 bits per heavy atom. The molecule has 0 bridgehead atoms. The third-order valence-electron chi connectivity index (χ3n) is 2.47. The standard InChI is InChI=1S/C11H17N3OS/c1-11(2,12)7-14-6-8(13-10(14)15)9-4-3-5-16-9/h3-5,8H,6-7,12H2,1-2H3,(H,13,15). The van der Waals surface area contributed by atoms with E-state index < -0.39 is 0 Å². The summed E-state index contributed by atoms with van der Waals surface area (Å²) in [4.78, 5) is 14.7. The van der Waals surface area contributed by atoms with Crippen molar-refractivity contribution in [3.8, 4) is 0 Å². The van der Waals surface area contributed by atoms with Crippen LogP contribution in [0, 0.1) is 0 Å². The predicted octanol–water partition coefficient (Wildman–Crippen LogP) is 1.55. The van der Waals surface area contributed by atoms with E-state index in [1.807, 2.05) is 31.4 Å². The molecule has 0 spiro atoms. The molecule has 4 nitrogen and oxygen atoms in total. The van der Waals surface area contributed by atoms with Crippen molar-refractivity contribution < 1.29 is 4.79 Å². The number of urea groups is 1. The number of carbonyl (C=O) groups excluding carboxylic acids is 1. The third kappa shape index (κ3) is 2.54. The molecule has 0 saturated carbocycles. The SMILES string of the molecule is CC(C)(N)CN1CC(c2cccs2)NC1=O. The van der Waals surface area contributed by atoms with Gasteiger partial charge < -0.3 is 16.0 Å². The molecule has 1 saturated heterocycles. The monoisotopic (exact) mass is 239 g/mol. The Kier molecular flexibility index (Phi) is 2.90. The summed E-state index contributed by atoms with van der Waals surface area (Å²) in [5.41, 5.74) is 5.58. The maximum atomic E-state index is 11.7. The van der Waals surface area contributed by atoms with Gasteiger partial charge in [0.15, 0.2) is 0 Å². The van der Waals surface area contributed by atoms with E-state index in [0.29, 0.717) is 13.1 Å². The molecule has 0 aliphatic carbocycles. The Hall–Kier alpha value is -1.07. The molecule has 1 atom stereocenters. The lowest BCUT2D eigenvalue weighted by Crippen LogP contribution is -2.46. The van der Waals surface area contributed by atoms with Crippen molar-refractivity contribution in [2.24, 2.45) is 5.73 Å². The van der Waals surface area contributed by atoms with E-state index in [1.54, 1.807) is 16.2 Å². The number of carbonyl (C=O) groups is 1. The highest BCUT2D eigenvalue weighted by molar-refractivity contribution is 7.10. The minimum absolute atomic E-state index is 0.0167.